The molecule has 224 valence electrons. The van der Waals surface area contributed by atoms with Gasteiger partial charge in [0.15, 0.2) is 56.8 Å². The highest BCUT2D eigenvalue weighted by molar-refractivity contribution is 8.44. The maximum absolute atomic E-state index is 15.8. The average Bonchev–Trinajstić information content (AvgIpc) is 3.71. The molecule has 22 heteroatoms. The zero-order valence-electron chi connectivity index (χ0n) is 21.1. The minimum Gasteiger partial charge on any atom is -0.382 e. The van der Waals surface area contributed by atoms with Crippen molar-refractivity contribution in [3.05, 3.63) is 25.3 Å². The van der Waals surface area contributed by atoms with E-state index in [1.807, 2.05) is 0 Å². The summed E-state index contributed by atoms with van der Waals surface area (Å²) in [5, 5.41) is 0. The molecule has 0 spiro atoms. The van der Waals surface area contributed by atoms with E-state index >= 15 is 8.78 Å². The Labute approximate surface area is 241 Å². The summed E-state index contributed by atoms with van der Waals surface area (Å²) in [7, 11) is -0.706. The first-order valence-electron chi connectivity index (χ1n) is 12.3. The predicted octanol–water partition coefficient (Wildman–Crippen LogP) is 1.67. The summed E-state index contributed by atoms with van der Waals surface area (Å²) in [6.07, 6.45) is -6.01. The third kappa shape index (κ3) is 4.80. The second-order valence-electron chi connectivity index (χ2n) is 9.50. The Balaban J connectivity index is 1.11. The molecular formula is C20H22F2N10O7P2S. The molecule has 3 aliphatic rings. The quantitative estimate of drug-likeness (QED) is 0.209. The van der Waals surface area contributed by atoms with Gasteiger partial charge in [-0.3, -0.25) is 18.2 Å². The minimum absolute atomic E-state index is 0.102. The van der Waals surface area contributed by atoms with Crippen LogP contribution in [0.3, 0.4) is 0 Å². The summed E-state index contributed by atoms with van der Waals surface area (Å²) in [5.74, 6) is 0.214. The number of nitrogens with two attached hydrogens (primary N) is 2. The van der Waals surface area contributed by atoms with Crippen molar-refractivity contribution in [2.45, 2.75) is 49.2 Å². The molecule has 17 nitrogen and oxygen atoms in total. The first-order chi connectivity index (χ1) is 20.2. The number of hydrogen-bond donors (Lipinski definition) is 3. The van der Waals surface area contributed by atoms with Crippen molar-refractivity contribution in [3.63, 3.8) is 0 Å². The van der Waals surface area contributed by atoms with Crippen LogP contribution in [-0.2, 0) is 32.1 Å². The molecular weight excluding hydrogens is 624 g/mol. The second kappa shape index (κ2) is 10.8. The van der Waals surface area contributed by atoms with Crippen LogP contribution in [0.2, 0.25) is 0 Å². The normalized spacial score (nSPS) is 36.5. The van der Waals surface area contributed by atoms with E-state index in [9.17, 15) is 4.57 Å². The first kappa shape index (κ1) is 28.1. The van der Waals surface area contributed by atoms with Gasteiger partial charge in [-0.25, -0.2) is 43.2 Å². The van der Waals surface area contributed by atoms with Crippen molar-refractivity contribution in [2.24, 2.45) is 0 Å². The number of thiol groups is 1. The smallest absolute Gasteiger partial charge is 0.382 e. The van der Waals surface area contributed by atoms with Crippen LogP contribution in [0.1, 0.15) is 12.5 Å². The van der Waals surface area contributed by atoms with Gasteiger partial charge in [-0.15, -0.1) is 0 Å². The third-order valence-corrected chi connectivity index (χ3v) is 9.27. The lowest BCUT2D eigenvalue weighted by molar-refractivity contribution is -0.0516. The lowest BCUT2D eigenvalue weighted by atomic mass is 10.1. The van der Waals surface area contributed by atoms with E-state index in [2.05, 4.69) is 42.2 Å². The molecule has 0 radical (unpaired) electrons. The molecule has 7 rings (SSSR count). The second-order valence-corrected chi connectivity index (χ2v) is 13.1. The molecule has 7 heterocycles. The highest BCUT2D eigenvalue weighted by atomic mass is 32.7. The Morgan fingerprint density at radius 3 is 2.00 bits per heavy atom. The van der Waals surface area contributed by atoms with Crippen molar-refractivity contribution >= 4 is 62.0 Å². The summed E-state index contributed by atoms with van der Waals surface area (Å²) in [5.41, 5.74) is 12.7. The molecule has 4 aromatic heterocycles. The van der Waals surface area contributed by atoms with E-state index in [0.717, 1.165) is 0 Å². The molecule has 42 heavy (non-hydrogen) atoms. The maximum Gasteiger partial charge on any atom is 0.386 e. The number of imidazole rings is 2. The Morgan fingerprint density at radius 1 is 0.857 bits per heavy atom. The van der Waals surface area contributed by atoms with Crippen molar-refractivity contribution in [1.29, 1.82) is 0 Å². The molecule has 4 N–H and O–H groups in total. The monoisotopic (exact) mass is 646 g/mol. The fourth-order valence-corrected chi connectivity index (χ4v) is 7.22. The number of anilines is 2. The molecule has 0 amide bonds. The van der Waals surface area contributed by atoms with Crippen molar-refractivity contribution in [2.75, 3.05) is 24.7 Å². The molecule has 3 aliphatic heterocycles. The van der Waals surface area contributed by atoms with Gasteiger partial charge in [-0.05, 0) is 0 Å². The highest BCUT2D eigenvalue weighted by Gasteiger charge is 2.52. The summed E-state index contributed by atoms with van der Waals surface area (Å²) in [6, 6.07) is 0. The minimum atomic E-state index is -4.26. The molecule has 3 fully saturated rings. The van der Waals surface area contributed by atoms with Gasteiger partial charge in [0.05, 0.1) is 25.9 Å². The van der Waals surface area contributed by atoms with Crippen molar-refractivity contribution in [3.8, 4) is 0 Å². The Bertz CT molecular complexity index is 1690. The van der Waals surface area contributed by atoms with E-state index in [-0.39, 0.29) is 40.6 Å². The summed E-state index contributed by atoms with van der Waals surface area (Å²) in [6.45, 7) is -5.00. The van der Waals surface area contributed by atoms with Crippen LogP contribution in [0.15, 0.2) is 25.3 Å². The molecule has 10 atom stereocenters. The summed E-state index contributed by atoms with van der Waals surface area (Å²) >= 11 is 4.03. The molecule has 0 aliphatic carbocycles. The highest BCUT2D eigenvalue weighted by Crippen LogP contribution is 2.57. The van der Waals surface area contributed by atoms with Crippen LogP contribution in [0.25, 0.3) is 22.3 Å². The van der Waals surface area contributed by atoms with Gasteiger partial charge in [-0.2, -0.15) is 0 Å². The predicted molar refractivity (Wildman–Crippen MR) is 144 cm³/mol. The van der Waals surface area contributed by atoms with Gasteiger partial charge >= 0.3 is 6.80 Å². The fraction of sp³-hybridized carbons (Fsp3) is 0.500. The number of nitrogens with zero attached hydrogens (tertiary/aromatic N) is 8. The van der Waals surface area contributed by atoms with Crippen molar-refractivity contribution in [1.82, 2.24) is 39.0 Å². The van der Waals surface area contributed by atoms with Crippen molar-refractivity contribution < 1.29 is 40.9 Å². The van der Waals surface area contributed by atoms with Gasteiger partial charge in [0.25, 0.3) is 0 Å². The van der Waals surface area contributed by atoms with Gasteiger partial charge in [0.1, 0.15) is 48.1 Å². The van der Waals surface area contributed by atoms with Crippen LogP contribution in [0.5, 0.6) is 0 Å². The first-order valence-corrected chi connectivity index (χ1v) is 15.9. The van der Waals surface area contributed by atoms with Gasteiger partial charge < -0.3 is 30.0 Å². The third-order valence-electron chi connectivity index (χ3n) is 7.00. The standard InChI is InChI=1S/C20H22F2N10O7P2S/c21-9-13-8(37-19(9)31-5-29-11-15(23)25-3-27-17(11)31)2-35-41(33,42)39-14-7(1-34-40-38-13)36-20(10(14)22)32-6-30-12-16(24)26-4-28-18(12)32/h3-10,13-14,19-20,40H,1-2H2,(H,33,42)(H2,23,25,27)(H2,24,26,28)/t7-,8-,9-,10-,13-,14-,19-,20-,41-/m1/s1. The number of halogens is 2. The molecule has 0 aromatic carbocycles. The molecule has 0 saturated carbocycles. The van der Waals surface area contributed by atoms with Gasteiger partial charge in [0.2, 0.25) is 0 Å². The van der Waals surface area contributed by atoms with Crippen LogP contribution in [0, 0.1) is 0 Å². The molecule has 3 saturated heterocycles. The van der Waals surface area contributed by atoms with E-state index in [1.54, 1.807) is 0 Å². The number of nitrogen functional groups attached to an aromatic ring is 2. The fourth-order valence-electron chi connectivity index (χ4n) is 5.04. The topological polar surface area (TPSA) is 212 Å². The number of alkyl halides is 2. The summed E-state index contributed by atoms with van der Waals surface area (Å²) < 4.78 is 81.6. The van der Waals surface area contributed by atoms with Crippen LogP contribution >= 0.6 is 28.1 Å². The maximum atomic E-state index is 15.8. The lowest BCUT2D eigenvalue weighted by Gasteiger charge is -2.26. The number of aromatic nitrogens is 8. The molecule has 1 unspecified atom stereocenters. The number of rotatable bonds is 2. The average molecular weight is 646 g/mol. The van der Waals surface area contributed by atoms with E-state index in [1.165, 1.54) is 34.4 Å². The Kier molecular flexibility index (Phi) is 7.23. The lowest BCUT2D eigenvalue weighted by Crippen LogP contribution is -2.35. The van der Waals surface area contributed by atoms with Crippen LogP contribution in [0.4, 0.5) is 20.4 Å². The zero-order chi connectivity index (χ0) is 29.2. The van der Waals surface area contributed by atoms with Crippen LogP contribution in [-0.4, -0.2) is 89.0 Å². The largest absolute Gasteiger partial charge is 0.386 e. The number of fused-ring (bicyclic) bond motifs is 4. The molecule has 4 aromatic rings. The van der Waals surface area contributed by atoms with Crippen LogP contribution < -0.4 is 11.5 Å². The van der Waals surface area contributed by atoms with E-state index in [0.29, 0.717) is 0 Å². The van der Waals surface area contributed by atoms with E-state index in [4.69, 9.17) is 39.0 Å². The summed E-state index contributed by atoms with van der Waals surface area (Å²) in [4.78, 5) is 24.3. The zero-order valence-corrected chi connectivity index (χ0v) is 23.9. The Hall–Kier alpha value is -2.67. The SMILES string of the molecule is Nc1ncnc2c1ncn2[C@@H]1O[C@@H]2CO[P@@](=O)(S)O[C@H]3[C@@H](F)[C@H](n4cnc5c(N)ncnc54)O[C@@H]3COPO[C@H]2[C@H]1F. The van der Waals surface area contributed by atoms with E-state index < -0.39 is 71.7 Å². The Morgan fingerprint density at radius 2 is 1.40 bits per heavy atom. The number of hydrogen-bond acceptors (Lipinski definition) is 15. The van der Waals surface area contributed by atoms with Gasteiger partial charge in [-0.1, -0.05) is 12.2 Å². The molecule has 0 bridgehead atoms. The number of ether oxygens (including phenoxy) is 2. The van der Waals surface area contributed by atoms with Gasteiger partial charge in [0, 0.05) is 0 Å².